The highest BCUT2D eigenvalue weighted by Gasteiger charge is 2.18. The lowest BCUT2D eigenvalue weighted by molar-refractivity contribution is -0.139. The van der Waals surface area contributed by atoms with Gasteiger partial charge in [0.1, 0.15) is 6.04 Å². The Bertz CT molecular complexity index is 256. The van der Waals surface area contributed by atoms with Crippen LogP contribution in [0.1, 0.15) is 33.6 Å². The van der Waals surface area contributed by atoms with Gasteiger partial charge < -0.3 is 20.5 Å². The molecular weight excluding hydrogens is 236 g/mol. The van der Waals surface area contributed by atoms with E-state index in [9.17, 15) is 9.59 Å². The third-order valence-corrected chi connectivity index (χ3v) is 2.16. The molecule has 0 aromatic carbocycles. The van der Waals surface area contributed by atoms with Gasteiger partial charge in [-0.15, -0.1) is 0 Å². The summed E-state index contributed by atoms with van der Waals surface area (Å²) < 4.78 is 5.29. The van der Waals surface area contributed by atoms with Gasteiger partial charge in [-0.1, -0.05) is 27.2 Å². The van der Waals surface area contributed by atoms with Gasteiger partial charge >= 0.3 is 12.0 Å². The highest BCUT2D eigenvalue weighted by atomic mass is 16.5. The third kappa shape index (κ3) is 8.81. The quantitative estimate of drug-likeness (QED) is 0.544. The van der Waals surface area contributed by atoms with E-state index >= 15 is 0 Å². The first-order valence-corrected chi connectivity index (χ1v) is 6.32. The number of amides is 2. The summed E-state index contributed by atoms with van der Waals surface area (Å²) in [7, 11) is 0. The summed E-state index contributed by atoms with van der Waals surface area (Å²) in [4.78, 5) is 22.2. The zero-order valence-corrected chi connectivity index (χ0v) is 11.4. The fraction of sp³-hybridized carbons (Fsp3) is 0.833. The minimum atomic E-state index is -1.01. The van der Waals surface area contributed by atoms with E-state index in [1.54, 1.807) is 0 Å². The summed E-state index contributed by atoms with van der Waals surface area (Å²) in [6.45, 7) is 7.41. The molecule has 0 aromatic rings. The van der Waals surface area contributed by atoms with Crippen molar-refractivity contribution < 1.29 is 19.4 Å². The number of carbonyl (C=O) groups is 2. The Morgan fingerprint density at radius 2 is 2.00 bits per heavy atom. The van der Waals surface area contributed by atoms with Crippen molar-refractivity contribution >= 4 is 12.0 Å². The first-order valence-electron chi connectivity index (χ1n) is 6.32. The van der Waals surface area contributed by atoms with E-state index in [1.165, 1.54) is 0 Å². The van der Waals surface area contributed by atoms with Gasteiger partial charge in [-0.05, 0) is 12.3 Å². The van der Waals surface area contributed by atoms with Crippen LogP contribution in [-0.2, 0) is 9.53 Å². The molecule has 0 heterocycles. The lowest BCUT2D eigenvalue weighted by Crippen LogP contribution is -2.46. The van der Waals surface area contributed by atoms with E-state index in [2.05, 4.69) is 10.6 Å². The van der Waals surface area contributed by atoms with E-state index in [4.69, 9.17) is 9.84 Å². The third-order valence-electron chi connectivity index (χ3n) is 2.16. The molecule has 0 spiro atoms. The smallest absolute Gasteiger partial charge is 0.326 e. The Labute approximate surface area is 108 Å². The number of carboxylic acid groups (broad SMARTS) is 1. The molecule has 18 heavy (non-hydrogen) atoms. The zero-order valence-electron chi connectivity index (χ0n) is 11.4. The Kier molecular flexibility index (Phi) is 9.00. The maximum atomic E-state index is 11.4. The number of carboxylic acids is 1. The van der Waals surface area contributed by atoms with Crippen molar-refractivity contribution in [3.8, 4) is 0 Å². The van der Waals surface area contributed by atoms with Crippen LogP contribution in [0.4, 0.5) is 4.79 Å². The zero-order chi connectivity index (χ0) is 14.0. The van der Waals surface area contributed by atoms with Crippen molar-refractivity contribution in [1.82, 2.24) is 10.6 Å². The van der Waals surface area contributed by atoms with E-state index < -0.39 is 18.0 Å². The molecule has 0 aromatic heterocycles. The molecule has 0 bridgehead atoms. The molecule has 0 radical (unpaired) electrons. The molecule has 0 fully saturated rings. The van der Waals surface area contributed by atoms with Crippen LogP contribution in [0.5, 0.6) is 0 Å². The molecule has 0 aliphatic carbocycles. The lowest BCUT2D eigenvalue weighted by Gasteiger charge is -2.14. The normalized spacial score (nSPS) is 12.2. The molecular formula is C12H24N2O4. The van der Waals surface area contributed by atoms with Crippen LogP contribution in [0.2, 0.25) is 0 Å². The molecule has 106 valence electrons. The van der Waals surface area contributed by atoms with E-state index in [0.717, 1.165) is 0 Å². The largest absolute Gasteiger partial charge is 0.480 e. The first-order chi connectivity index (χ1) is 8.47. The van der Waals surface area contributed by atoms with Crippen LogP contribution in [-0.4, -0.2) is 42.9 Å². The SMILES string of the molecule is CCC[C@H](NC(=O)NCCOCC(C)C)C(=O)O. The number of carbonyl (C=O) groups excluding carboxylic acids is 1. The molecule has 0 aliphatic rings. The standard InChI is InChI=1S/C12H24N2O4/c1-4-5-10(11(15)16)14-12(17)13-6-7-18-8-9(2)3/h9-10H,4-8H2,1-3H3,(H,15,16)(H2,13,14,17)/t10-/m0/s1. The van der Waals surface area contributed by atoms with E-state index in [-0.39, 0.29) is 0 Å². The Morgan fingerprint density at radius 1 is 1.33 bits per heavy atom. The maximum absolute atomic E-state index is 11.4. The van der Waals surface area contributed by atoms with Gasteiger partial charge in [-0.25, -0.2) is 9.59 Å². The predicted molar refractivity (Wildman–Crippen MR) is 68.5 cm³/mol. The fourth-order valence-corrected chi connectivity index (χ4v) is 1.31. The maximum Gasteiger partial charge on any atom is 0.326 e. The van der Waals surface area contributed by atoms with Crippen LogP contribution >= 0.6 is 0 Å². The number of urea groups is 1. The summed E-state index contributed by atoms with van der Waals surface area (Å²) in [5.41, 5.74) is 0. The summed E-state index contributed by atoms with van der Waals surface area (Å²) in [6, 6.07) is -1.30. The summed E-state index contributed by atoms with van der Waals surface area (Å²) in [5.74, 6) is -0.553. The number of hydrogen-bond donors (Lipinski definition) is 3. The Morgan fingerprint density at radius 3 is 2.50 bits per heavy atom. The van der Waals surface area contributed by atoms with Crippen molar-refractivity contribution in [3.63, 3.8) is 0 Å². The van der Waals surface area contributed by atoms with Crippen molar-refractivity contribution in [2.24, 2.45) is 5.92 Å². The van der Waals surface area contributed by atoms with E-state index in [1.807, 2.05) is 20.8 Å². The van der Waals surface area contributed by atoms with Gasteiger partial charge in [0.25, 0.3) is 0 Å². The monoisotopic (exact) mass is 260 g/mol. The van der Waals surface area contributed by atoms with Crippen LogP contribution in [0.15, 0.2) is 0 Å². The molecule has 3 N–H and O–H groups in total. The highest BCUT2D eigenvalue weighted by Crippen LogP contribution is 1.96. The molecule has 1 atom stereocenters. The van der Waals surface area contributed by atoms with Crippen molar-refractivity contribution in [3.05, 3.63) is 0 Å². The Balaban J connectivity index is 3.71. The van der Waals surface area contributed by atoms with Crippen LogP contribution in [0.25, 0.3) is 0 Å². The van der Waals surface area contributed by atoms with Crippen LogP contribution < -0.4 is 10.6 Å². The van der Waals surface area contributed by atoms with E-state index in [0.29, 0.717) is 38.5 Å². The number of nitrogens with one attached hydrogen (secondary N) is 2. The number of hydrogen-bond acceptors (Lipinski definition) is 3. The van der Waals surface area contributed by atoms with Crippen molar-refractivity contribution in [1.29, 1.82) is 0 Å². The second-order valence-corrected chi connectivity index (χ2v) is 4.55. The molecule has 0 unspecified atom stereocenters. The summed E-state index contributed by atoms with van der Waals surface area (Å²) in [6.07, 6.45) is 1.13. The number of ether oxygens (including phenoxy) is 1. The van der Waals surface area contributed by atoms with Gasteiger partial charge in [-0.2, -0.15) is 0 Å². The lowest BCUT2D eigenvalue weighted by atomic mass is 10.2. The predicted octanol–water partition coefficient (Wildman–Crippen LogP) is 1.21. The topological polar surface area (TPSA) is 87.7 Å². The first kappa shape index (κ1) is 16.7. The molecule has 2 amide bonds. The highest BCUT2D eigenvalue weighted by molar-refractivity contribution is 5.82. The molecule has 0 rings (SSSR count). The second kappa shape index (κ2) is 9.70. The molecule has 6 nitrogen and oxygen atoms in total. The Hall–Kier alpha value is -1.30. The van der Waals surface area contributed by atoms with Crippen molar-refractivity contribution in [2.45, 2.75) is 39.7 Å². The van der Waals surface area contributed by atoms with Crippen LogP contribution in [0, 0.1) is 5.92 Å². The van der Waals surface area contributed by atoms with Crippen molar-refractivity contribution in [2.75, 3.05) is 19.8 Å². The minimum absolute atomic E-state index is 0.372. The summed E-state index contributed by atoms with van der Waals surface area (Å²) in [5, 5.41) is 13.8. The molecule has 0 saturated heterocycles. The molecule has 0 aliphatic heterocycles. The van der Waals surface area contributed by atoms with Gasteiger partial charge in [0, 0.05) is 13.2 Å². The minimum Gasteiger partial charge on any atom is -0.480 e. The van der Waals surface area contributed by atoms with Gasteiger partial charge in [0.15, 0.2) is 0 Å². The average molecular weight is 260 g/mol. The molecule has 0 saturated carbocycles. The molecule has 6 heteroatoms. The van der Waals surface area contributed by atoms with Gasteiger partial charge in [0.2, 0.25) is 0 Å². The number of aliphatic carboxylic acids is 1. The van der Waals surface area contributed by atoms with Crippen LogP contribution in [0.3, 0.4) is 0 Å². The van der Waals surface area contributed by atoms with Gasteiger partial charge in [-0.3, -0.25) is 0 Å². The summed E-state index contributed by atoms with van der Waals surface area (Å²) >= 11 is 0. The fourth-order valence-electron chi connectivity index (χ4n) is 1.31. The number of rotatable bonds is 9. The average Bonchev–Trinajstić information content (AvgIpc) is 2.27. The second-order valence-electron chi connectivity index (χ2n) is 4.55. The van der Waals surface area contributed by atoms with Gasteiger partial charge in [0.05, 0.1) is 6.61 Å².